The van der Waals surface area contributed by atoms with Crippen molar-refractivity contribution in [2.24, 2.45) is 0 Å². The van der Waals surface area contributed by atoms with Crippen LogP contribution in [0.15, 0.2) is 24.3 Å². The average Bonchev–Trinajstić information content (AvgIpc) is 2.98. The Bertz CT molecular complexity index is 303. The standard InChI is InChI=1S/C12H16O2/c1-9(2)11-5-3-4-6-12(11)14-8-10-7-13-10/h3-6,9-10H,7-8H2,1-2H3/t10-/m0/s1. The van der Waals surface area contributed by atoms with Crippen LogP contribution in [0.3, 0.4) is 0 Å². The molecule has 0 N–H and O–H groups in total. The SMILES string of the molecule is CC(C)c1ccccc1OC[C@@H]1CO1. The predicted molar refractivity (Wildman–Crippen MR) is 55.8 cm³/mol. The van der Waals surface area contributed by atoms with Gasteiger partial charge in [0.15, 0.2) is 0 Å². The summed E-state index contributed by atoms with van der Waals surface area (Å²) in [6.07, 6.45) is 0.329. The lowest BCUT2D eigenvalue weighted by Gasteiger charge is -2.12. The van der Waals surface area contributed by atoms with Gasteiger partial charge in [0.05, 0.1) is 6.61 Å². The van der Waals surface area contributed by atoms with Crippen LogP contribution < -0.4 is 4.74 Å². The van der Waals surface area contributed by atoms with Crippen LogP contribution in [-0.4, -0.2) is 19.3 Å². The van der Waals surface area contributed by atoms with Crippen LogP contribution in [0, 0.1) is 0 Å². The molecule has 0 bridgehead atoms. The van der Waals surface area contributed by atoms with Crippen LogP contribution in [0.1, 0.15) is 25.3 Å². The molecule has 1 fully saturated rings. The maximum Gasteiger partial charge on any atom is 0.122 e. The molecule has 1 aliphatic heterocycles. The average molecular weight is 192 g/mol. The van der Waals surface area contributed by atoms with Crippen molar-refractivity contribution in [1.82, 2.24) is 0 Å². The Hall–Kier alpha value is -1.02. The molecule has 0 aromatic heterocycles. The maximum atomic E-state index is 5.70. The van der Waals surface area contributed by atoms with Gasteiger partial charge in [-0.2, -0.15) is 0 Å². The zero-order valence-electron chi connectivity index (χ0n) is 8.69. The molecular weight excluding hydrogens is 176 g/mol. The van der Waals surface area contributed by atoms with Crippen molar-refractivity contribution in [1.29, 1.82) is 0 Å². The highest BCUT2D eigenvalue weighted by atomic mass is 16.6. The zero-order chi connectivity index (χ0) is 9.97. The van der Waals surface area contributed by atoms with Crippen molar-refractivity contribution in [3.05, 3.63) is 29.8 Å². The monoisotopic (exact) mass is 192 g/mol. The molecule has 1 aromatic carbocycles. The van der Waals surface area contributed by atoms with Gasteiger partial charge >= 0.3 is 0 Å². The second-order valence-corrected chi connectivity index (χ2v) is 3.96. The number of epoxide rings is 1. The first-order chi connectivity index (χ1) is 6.77. The first-order valence-electron chi connectivity index (χ1n) is 5.10. The quantitative estimate of drug-likeness (QED) is 0.684. The number of hydrogen-bond donors (Lipinski definition) is 0. The van der Waals surface area contributed by atoms with Gasteiger partial charge in [0.2, 0.25) is 0 Å². The van der Waals surface area contributed by atoms with Gasteiger partial charge in [-0.15, -0.1) is 0 Å². The Morgan fingerprint density at radius 1 is 1.43 bits per heavy atom. The van der Waals surface area contributed by atoms with E-state index >= 15 is 0 Å². The van der Waals surface area contributed by atoms with E-state index in [0.29, 0.717) is 18.6 Å². The summed E-state index contributed by atoms with van der Waals surface area (Å²) >= 11 is 0. The molecule has 0 saturated carbocycles. The lowest BCUT2D eigenvalue weighted by molar-refractivity contribution is 0.260. The molecule has 0 radical (unpaired) electrons. The lowest BCUT2D eigenvalue weighted by Crippen LogP contribution is -2.06. The number of ether oxygens (including phenoxy) is 2. The molecule has 14 heavy (non-hydrogen) atoms. The van der Waals surface area contributed by atoms with Crippen molar-refractivity contribution in [3.8, 4) is 5.75 Å². The topological polar surface area (TPSA) is 21.8 Å². The zero-order valence-corrected chi connectivity index (χ0v) is 8.69. The van der Waals surface area contributed by atoms with Crippen molar-refractivity contribution in [3.63, 3.8) is 0 Å². The number of para-hydroxylation sites is 1. The molecule has 2 rings (SSSR count). The Kier molecular flexibility index (Phi) is 2.73. The summed E-state index contributed by atoms with van der Waals surface area (Å²) in [4.78, 5) is 0. The minimum atomic E-state index is 0.329. The van der Waals surface area contributed by atoms with E-state index in [4.69, 9.17) is 9.47 Å². The van der Waals surface area contributed by atoms with E-state index in [1.165, 1.54) is 5.56 Å². The van der Waals surface area contributed by atoms with Gasteiger partial charge in [-0.25, -0.2) is 0 Å². The summed E-state index contributed by atoms with van der Waals surface area (Å²) < 4.78 is 10.8. The summed E-state index contributed by atoms with van der Waals surface area (Å²) in [7, 11) is 0. The third-order valence-corrected chi connectivity index (χ3v) is 2.37. The molecule has 76 valence electrons. The second kappa shape index (κ2) is 4.01. The number of benzene rings is 1. The van der Waals surface area contributed by atoms with E-state index in [2.05, 4.69) is 26.0 Å². The Morgan fingerprint density at radius 3 is 2.79 bits per heavy atom. The Morgan fingerprint density at radius 2 is 2.14 bits per heavy atom. The van der Waals surface area contributed by atoms with E-state index in [-0.39, 0.29) is 0 Å². The van der Waals surface area contributed by atoms with Crippen LogP contribution in [-0.2, 0) is 4.74 Å². The summed E-state index contributed by atoms with van der Waals surface area (Å²) in [5, 5.41) is 0. The number of hydrogen-bond acceptors (Lipinski definition) is 2. The smallest absolute Gasteiger partial charge is 0.122 e. The first-order valence-corrected chi connectivity index (χ1v) is 5.10. The van der Waals surface area contributed by atoms with Crippen LogP contribution in [0.25, 0.3) is 0 Å². The molecule has 0 amide bonds. The van der Waals surface area contributed by atoms with E-state index in [9.17, 15) is 0 Å². The molecule has 0 unspecified atom stereocenters. The molecule has 0 aliphatic carbocycles. The molecule has 1 atom stereocenters. The van der Waals surface area contributed by atoms with Crippen molar-refractivity contribution in [2.75, 3.05) is 13.2 Å². The summed E-state index contributed by atoms with van der Waals surface area (Å²) in [5.74, 6) is 1.50. The molecule has 2 nitrogen and oxygen atoms in total. The molecule has 1 heterocycles. The highest BCUT2D eigenvalue weighted by Gasteiger charge is 2.23. The normalized spacial score (nSPS) is 19.8. The van der Waals surface area contributed by atoms with Gasteiger partial charge in [-0.3, -0.25) is 0 Å². The van der Waals surface area contributed by atoms with Crippen molar-refractivity contribution < 1.29 is 9.47 Å². The predicted octanol–water partition coefficient (Wildman–Crippen LogP) is 2.59. The molecule has 2 heteroatoms. The Labute approximate surface area is 84.8 Å². The molecule has 1 aromatic rings. The molecule has 0 spiro atoms. The third kappa shape index (κ3) is 2.26. The Balaban J connectivity index is 2.05. The van der Waals surface area contributed by atoms with Crippen molar-refractivity contribution >= 4 is 0 Å². The van der Waals surface area contributed by atoms with E-state index < -0.39 is 0 Å². The fourth-order valence-corrected chi connectivity index (χ4v) is 1.44. The van der Waals surface area contributed by atoms with Gasteiger partial charge in [0.1, 0.15) is 18.5 Å². The van der Waals surface area contributed by atoms with Crippen LogP contribution in [0.4, 0.5) is 0 Å². The highest BCUT2D eigenvalue weighted by molar-refractivity contribution is 5.35. The van der Waals surface area contributed by atoms with Gasteiger partial charge in [0, 0.05) is 0 Å². The van der Waals surface area contributed by atoms with Crippen molar-refractivity contribution in [2.45, 2.75) is 25.9 Å². The number of rotatable bonds is 4. The third-order valence-electron chi connectivity index (χ3n) is 2.37. The molecular formula is C12H16O2. The van der Waals surface area contributed by atoms with Crippen LogP contribution in [0.5, 0.6) is 5.75 Å². The largest absolute Gasteiger partial charge is 0.490 e. The first kappa shape index (κ1) is 9.53. The summed E-state index contributed by atoms with van der Waals surface area (Å²) in [5.41, 5.74) is 1.27. The minimum absolute atomic E-state index is 0.329. The van der Waals surface area contributed by atoms with Gasteiger partial charge in [-0.1, -0.05) is 32.0 Å². The maximum absolute atomic E-state index is 5.70. The van der Waals surface area contributed by atoms with Gasteiger partial charge in [0.25, 0.3) is 0 Å². The van der Waals surface area contributed by atoms with E-state index in [0.717, 1.165) is 12.4 Å². The van der Waals surface area contributed by atoms with Crippen LogP contribution in [0.2, 0.25) is 0 Å². The van der Waals surface area contributed by atoms with E-state index in [1.54, 1.807) is 0 Å². The van der Waals surface area contributed by atoms with Gasteiger partial charge in [-0.05, 0) is 17.5 Å². The molecule has 1 saturated heterocycles. The van der Waals surface area contributed by atoms with Gasteiger partial charge < -0.3 is 9.47 Å². The summed E-state index contributed by atoms with van der Waals surface area (Å²) in [6, 6.07) is 8.20. The van der Waals surface area contributed by atoms with E-state index in [1.807, 2.05) is 12.1 Å². The fourth-order valence-electron chi connectivity index (χ4n) is 1.44. The second-order valence-electron chi connectivity index (χ2n) is 3.96. The lowest BCUT2D eigenvalue weighted by atomic mass is 10.0. The fraction of sp³-hybridized carbons (Fsp3) is 0.500. The molecule has 1 aliphatic rings. The van der Waals surface area contributed by atoms with Crippen LogP contribution >= 0.6 is 0 Å². The summed E-state index contributed by atoms with van der Waals surface area (Å²) in [6.45, 7) is 5.89. The highest BCUT2D eigenvalue weighted by Crippen LogP contribution is 2.26. The minimum Gasteiger partial charge on any atom is -0.490 e.